The molecule has 0 spiro atoms. The van der Waals surface area contributed by atoms with Gasteiger partial charge in [0.15, 0.2) is 0 Å². The number of anilines is 1. The number of nitrogens with zero attached hydrogens (tertiary/aromatic N) is 2. The summed E-state index contributed by atoms with van der Waals surface area (Å²) < 4.78 is 6.83. The van der Waals surface area contributed by atoms with E-state index in [0.29, 0.717) is 18.7 Å². The van der Waals surface area contributed by atoms with Gasteiger partial charge in [0, 0.05) is 13.0 Å². The normalized spacial score (nSPS) is 12.1. The lowest BCUT2D eigenvalue weighted by atomic mass is 10.2. The van der Waals surface area contributed by atoms with Gasteiger partial charge in [0.05, 0.1) is 18.1 Å². The zero-order valence-corrected chi connectivity index (χ0v) is 17.2. The highest BCUT2D eigenvalue weighted by atomic mass is 28.4. The second-order valence-corrected chi connectivity index (χ2v) is 12.0. The maximum atomic E-state index is 6.83. The predicted octanol–water partition coefficient (Wildman–Crippen LogP) is 3.18. The molecule has 2 N–H and O–H groups in total. The highest BCUT2D eigenvalue weighted by Gasteiger charge is 2.49. The first-order chi connectivity index (χ1) is 12.9. The predicted molar refractivity (Wildman–Crippen MR) is 114 cm³/mol. The van der Waals surface area contributed by atoms with Crippen LogP contribution < -0.4 is 16.1 Å². The molecule has 0 aliphatic heterocycles. The quantitative estimate of drug-likeness (QED) is 0.670. The van der Waals surface area contributed by atoms with E-state index in [2.05, 4.69) is 91.4 Å². The molecule has 4 nitrogen and oxygen atoms in total. The summed E-state index contributed by atoms with van der Waals surface area (Å²) in [5.41, 5.74) is 6.26. The van der Waals surface area contributed by atoms with Crippen LogP contribution in [-0.2, 0) is 10.8 Å². The molecular weight excluding hydrogens is 350 g/mol. The van der Waals surface area contributed by atoms with Gasteiger partial charge < -0.3 is 10.2 Å². The van der Waals surface area contributed by atoms with Crippen molar-refractivity contribution in [3.8, 4) is 0 Å². The van der Waals surface area contributed by atoms with E-state index in [-0.39, 0.29) is 5.04 Å². The van der Waals surface area contributed by atoms with Crippen LogP contribution in [0.3, 0.4) is 0 Å². The molecule has 0 saturated carbocycles. The van der Waals surface area contributed by atoms with Gasteiger partial charge in [-0.15, -0.1) is 0 Å². The Hall–Kier alpha value is -2.50. The van der Waals surface area contributed by atoms with Crippen molar-refractivity contribution in [3.05, 3.63) is 78.9 Å². The van der Waals surface area contributed by atoms with E-state index in [1.54, 1.807) is 12.4 Å². The van der Waals surface area contributed by atoms with Gasteiger partial charge in [-0.25, -0.2) is 9.97 Å². The fraction of sp³-hybridized carbons (Fsp3) is 0.273. The minimum atomic E-state index is -2.49. The van der Waals surface area contributed by atoms with Crippen molar-refractivity contribution >= 4 is 24.4 Å². The van der Waals surface area contributed by atoms with Crippen LogP contribution >= 0.6 is 0 Å². The summed E-state index contributed by atoms with van der Waals surface area (Å²) in [6, 6.07) is 21.3. The summed E-state index contributed by atoms with van der Waals surface area (Å²) in [7, 11) is -2.49. The molecule has 0 aliphatic carbocycles. The molecule has 0 fully saturated rings. The summed E-state index contributed by atoms with van der Waals surface area (Å²) in [6.45, 7) is 7.40. The number of nitrogens with two attached hydrogens (primary N) is 1. The van der Waals surface area contributed by atoms with Crippen LogP contribution in [0.2, 0.25) is 5.04 Å². The van der Waals surface area contributed by atoms with E-state index in [4.69, 9.17) is 10.2 Å². The van der Waals surface area contributed by atoms with Crippen molar-refractivity contribution < 1.29 is 4.43 Å². The van der Waals surface area contributed by atoms with E-state index < -0.39 is 8.32 Å². The van der Waals surface area contributed by atoms with Gasteiger partial charge >= 0.3 is 0 Å². The smallest absolute Gasteiger partial charge is 0.261 e. The monoisotopic (exact) mass is 377 g/mol. The molecule has 3 aromatic rings. The van der Waals surface area contributed by atoms with Gasteiger partial charge in [-0.2, -0.15) is 0 Å². The maximum Gasteiger partial charge on any atom is 0.261 e. The van der Waals surface area contributed by atoms with Crippen molar-refractivity contribution in [1.29, 1.82) is 0 Å². The average Bonchev–Trinajstić information content (AvgIpc) is 2.67. The Labute approximate surface area is 162 Å². The van der Waals surface area contributed by atoms with Crippen LogP contribution in [0, 0.1) is 0 Å². The second-order valence-electron chi connectivity index (χ2n) is 7.69. The lowest BCUT2D eigenvalue weighted by Gasteiger charge is -2.43. The Kier molecular flexibility index (Phi) is 5.73. The van der Waals surface area contributed by atoms with Gasteiger partial charge in [0.1, 0.15) is 5.82 Å². The largest absolute Gasteiger partial charge is 0.407 e. The highest BCUT2D eigenvalue weighted by Crippen LogP contribution is 2.36. The zero-order chi connectivity index (χ0) is 19.3. The Bertz CT molecular complexity index is 807. The molecule has 1 aromatic heterocycles. The van der Waals surface area contributed by atoms with Gasteiger partial charge in [-0.3, -0.25) is 0 Å². The van der Waals surface area contributed by atoms with Crippen LogP contribution in [0.15, 0.2) is 73.1 Å². The van der Waals surface area contributed by atoms with Gasteiger partial charge in [0.25, 0.3) is 8.32 Å². The third-order valence-corrected chi connectivity index (χ3v) is 9.83. The summed E-state index contributed by atoms with van der Waals surface area (Å²) >= 11 is 0. The third-order valence-electron chi connectivity index (χ3n) is 4.79. The van der Waals surface area contributed by atoms with E-state index in [9.17, 15) is 0 Å². The maximum absolute atomic E-state index is 6.83. The number of nitrogen functional groups attached to an aromatic ring is 1. The standard InChI is InChI=1S/C22H27N3OSi/c1-22(2,3)27(19-10-6-4-7-11-19,20-12-8-5-9-13-20)26-15-14-21-24-16-18(23)17-25-21/h4-13,16-17H,14-15,23H2,1-3H3. The minimum absolute atomic E-state index is 0.0301. The van der Waals surface area contributed by atoms with Gasteiger partial charge in [0.2, 0.25) is 0 Å². The molecule has 5 heteroatoms. The first kappa shape index (κ1) is 19.3. The molecule has 0 saturated heterocycles. The topological polar surface area (TPSA) is 61.0 Å². The van der Waals surface area contributed by atoms with Crippen LogP contribution in [0.4, 0.5) is 5.69 Å². The molecule has 0 unspecified atom stereocenters. The zero-order valence-electron chi connectivity index (χ0n) is 16.2. The Balaban J connectivity index is 1.97. The Morgan fingerprint density at radius 1 is 0.852 bits per heavy atom. The summed E-state index contributed by atoms with van der Waals surface area (Å²) in [4.78, 5) is 8.61. The summed E-state index contributed by atoms with van der Waals surface area (Å²) in [5.74, 6) is 0.752. The fourth-order valence-corrected chi connectivity index (χ4v) is 8.11. The minimum Gasteiger partial charge on any atom is -0.407 e. The third kappa shape index (κ3) is 4.09. The number of benzene rings is 2. The van der Waals surface area contributed by atoms with E-state index in [1.165, 1.54) is 10.4 Å². The van der Waals surface area contributed by atoms with Crippen molar-refractivity contribution in [2.45, 2.75) is 32.2 Å². The molecule has 1 heterocycles. The van der Waals surface area contributed by atoms with E-state index in [1.807, 2.05) is 0 Å². The van der Waals surface area contributed by atoms with Gasteiger partial charge in [-0.05, 0) is 15.4 Å². The van der Waals surface area contributed by atoms with Crippen LogP contribution in [0.25, 0.3) is 0 Å². The summed E-state index contributed by atoms with van der Waals surface area (Å²) in [6.07, 6.45) is 3.95. The molecule has 27 heavy (non-hydrogen) atoms. The number of hydrogen-bond acceptors (Lipinski definition) is 4. The van der Waals surface area contributed by atoms with Crippen molar-refractivity contribution in [1.82, 2.24) is 9.97 Å². The lowest BCUT2D eigenvalue weighted by molar-refractivity contribution is 0.299. The van der Waals surface area contributed by atoms with Crippen LogP contribution in [0.5, 0.6) is 0 Å². The molecular formula is C22H27N3OSi. The number of rotatable bonds is 6. The number of hydrogen-bond donors (Lipinski definition) is 1. The average molecular weight is 378 g/mol. The van der Waals surface area contributed by atoms with Crippen molar-refractivity contribution in [2.75, 3.05) is 12.3 Å². The van der Waals surface area contributed by atoms with Gasteiger partial charge in [-0.1, -0.05) is 81.4 Å². The highest BCUT2D eigenvalue weighted by molar-refractivity contribution is 6.99. The second kappa shape index (κ2) is 8.02. The molecule has 0 radical (unpaired) electrons. The van der Waals surface area contributed by atoms with Crippen LogP contribution in [0.1, 0.15) is 26.6 Å². The number of aromatic nitrogens is 2. The Morgan fingerprint density at radius 2 is 1.33 bits per heavy atom. The molecule has 0 bridgehead atoms. The van der Waals surface area contributed by atoms with Crippen molar-refractivity contribution in [2.24, 2.45) is 0 Å². The Morgan fingerprint density at radius 3 is 1.78 bits per heavy atom. The molecule has 2 aromatic carbocycles. The first-order valence-electron chi connectivity index (χ1n) is 9.25. The molecule has 3 rings (SSSR count). The summed E-state index contributed by atoms with van der Waals surface area (Å²) in [5, 5.41) is 2.53. The molecule has 0 aliphatic rings. The first-order valence-corrected chi connectivity index (χ1v) is 11.2. The molecule has 0 atom stereocenters. The van der Waals surface area contributed by atoms with E-state index >= 15 is 0 Å². The molecule has 140 valence electrons. The van der Waals surface area contributed by atoms with Crippen LogP contribution in [-0.4, -0.2) is 24.9 Å². The lowest BCUT2D eigenvalue weighted by Crippen LogP contribution is -2.66. The molecule has 0 amide bonds. The van der Waals surface area contributed by atoms with Crippen molar-refractivity contribution in [3.63, 3.8) is 0 Å². The fourth-order valence-electron chi connectivity index (χ4n) is 3.55. The van der Waals surface area contributed by atoms with E-state index in [0.717, 1.165) is 5.82 Å². The SMILES string of the molecule is CC(C)(C)[Si](OCCc1ncc(N)cn1)(c1ccccc1)c1ccccc1.